The van der Waals surface area contributed by atoms with E-state index in [0.717, 1.165) is 12.6 Å². The highest BCUT2D eigenvalue weighted by Crippen LogP contribution is 2.37. The Hall–Kier alpha value is -0.0800. The highest BCUT2D eigenvalue weighted by Gasteiger charge is 2.34. The quantitative estimate of drug-likeness (QED) is 0.754. The van der Waals surface area contributed by atoms with Crippen LogP contribution in [-0.2, 0) is 0 Å². The average molecular weight is 252 g/mol. The van der Waals surface area contributed by atoms with E-state index in [4.69, 9.17) is 0 Å². The van der Waals surface area contributed by atoms with Crippen LogP contribution in [0, 0.1) is 5.41 Å². The van der Waals surface area contributed by atoms with Gasteiger partial charge in [-0.1, -0.05) is 32.6 Å². The first kappa shape index (κ1) is 14.3. The van der Waals surface area contributed by atoms with Gasteiger partial charge in [0.1, 0.15) is 0 Å². The highest BCUT2D eigenvalue weighted by molar-refractivity contribution is 4.89. The largest absolute Gasteiger partial charge is 0.316 e. The van der Waals surface area contributed by atoms with Crippen molar-refractivity contribution in [1.29, 1.82) is 0 Å². The minimum absolute atomic E-state index is 0.575. The van der Waals surface area contributed by atoms with E-state index >= 15 is 0 Å². The molecule has 0 bridgehead atoms. The molecule has 0 aromatic carbocycles. The molecular formula is C16H32N2. The second-order valence-electron chi connectivity index (χ2n) is 6.66. The van der Waals surface area contributed by atoms with Gasteiger partial charge in [-0.2, -0.15) is 0 Å². The maximum absolute atomic E-state index is 3.65. The molecule has 106 valence electrons. The normalized spacial score (nSPS) is 29.3. The number of hydrogen-bond acceptors (Lipinski definition) is 2. The molecule has 1 atom stereocenters. The standard InChI is InChI=1S/C16H32N2/c1-3-17-13-16(10-6-4-5-7-11-16)14-18-12-8-9-15(18)2/h15,17H,3-14H2,1-2H3. The fraction of sp³-hybridized carbons (Fsp3) is 1.00. The molecule has 2 rings (SSSR count). The van der Waals surface area contributed by atoms with E-state index < -0.39 is 0 Å². The number of likely N-dealkylation sites (tertiary alicyclic amines) is 1. The zero-order valence-electron chi connectivity index (χ0n) is 12.5. The van der Waals surface area contributed by atoms with Crippen LogP contribution in [0.15, 0.2) is 0 Å². The van der Waals surface area contributed by atoms with Gasteiger partial charge in [0, 0.05) is 19.1 Å². The van der Waals surface area contributed by atoms with Gasteiger partial charge in [-0.15, -0.1) is 0 Å². The van der Waals surface area contributed by atoms with Gasteiger partial charge in [0.05, 0.1) is 0 Å². The summed E-state index contributed by atoms with van der Waals surface area (Å²) in [7, 11) is 0. The van der Waals surface area contributed by atoms with E-state index in [1.807, 2.05) is 0 Å². The second kappa shape index (κ2) is 6.91. The van der Waals surface area contributed by atoms with Crippen LogP contribution in [0.25, 0.3) is 0 Å². The Bertz CT molecular complexity index is 231. The molecule has 1 saturated heterocycles. The smallest absolute Gasteiger partial charge is 0.00676 e. The van der Waals surface area contributed by atoms with Gasteiger partial charge in [0.15, 0.2) is 0 Å². The molecule has 0 spiro atoms. The van der Waals surface area contributed by atoms with Crippen molar-refractivity contribution >= 4 is 0 Å². The maximum Gasteiger partial charge on any atom is 0.00676 e. The first-order valence-electron chi connectivity index (χ1n) is 8.20. The predicted octanol–water partition coefficient (Wildman–Crippen LogP) is 3.42. The molecular weight excluding hydrogens is 220 g/mol. The molecule has 1 aliphatic carbocycles. The number of nitrogens with zero attached hydrogens (tertiary/aromatic N) is 1. The van der Waals surface area contributed by atoms with Crippen LogP contribution in [0.1, 0.15) is 65.2 Å². The Balaban J connectivity index is 1.97. The summed E-state index contributed by atoms with van der Waals surface area (Å²) >= 11 is 0. The van der Waals surface area contributed by atoms with E-state index in [1.165, 1.54) is 71.0 Å². The van der Waals surface area contributed by atoms with Gasteiger partial charge in [-0.25, -0.2) is 0 Å². The van der Waals surface area contributed by atoms with Crippen molar-refractivity contribution in [1.82, 2.24) is 10.2 Å². The first-order valence-corrected chi connectivity index (χ1v) is 8.20. The Morgan fingerprint density at radius 3 is 2.39 bits per heavy atom. The van der Waals surface area contributed by atoms with Crippen molar-refractivity contribution in [3.05, 3.63) is 0 Å². The summed E-state index contributed by atoms with van der Waals surface area (Å²) in [6.07, 6.45) is 11.6. The second-order valence-corrected chi connectivity index (χ2v) is 6.66. The summed E-state index contributed by atoms with van der Waals surface area (Å²) in [6, 6.07) is 0.826. The van der Waals surface area contributed by atoms with E-state index in [0.29, 0.717) is 5.41 Å². The van der Waals surface area contributed by atoms with Crippen molar-refractivity contribution in [2.45, 2.75) is 71.3 Å². The Kier molecular flexibility index (Phi) is 5.50. The maximum atomic E-state index is 3.65. The van der Waals surface area contributed by atoms with Crippen molar-refractivity contribution < 1.29 is 0 Å². The van der Waals surface area contributed by atoms with E-state index in [1.54, 1.807) is 0 Å². The van der Waals surface area contributed by atoms with Gasteiger partial charge in [0.2, 0.25) is 0 Å². The van der Waals surface area contributed by atoms with Gasteiger partial charge >= 0.3 is 0 Å². The molecule has 0 aromatic heterocycles. The summed E-state index contributed by atoms with van der Waals surface area (Å²) in [5.74, 6) is 0. The summed E-state index contributed by atoms with van der Waals surface area (Å²) < 4.78 is 0. The molecule has 18 heavy (non-hydrogen) atoms. The summed E-state index contributed by atoms with van der Waals surface area (Å²) in [4.78, 5) is 2.77. The zero-order chi connectivity index (χ0) is 12.8. The lowest BCUT2D eigenvalue weighted by Crippen LogP contribution is -2.45. The van der Waals surface area contributed by atoms with Crippen LogP contribution in [0.5, 0.6) is 0 Å². The summed E-state index contributed by atoms with van der Waals surface area (Å²) in [5, 5.41) is 3.65. The van der Waals surface area contributed by atoms with E-state index in [-0.39, 0.29) is 0 Å². The minimum atomic E-state index is 0.575. The highest BCUT2D eigenvalue weighted by atomic mass is 15.2. The third-order valence-corrected chi connectivity index (χ3v) is 5.14. The molecule has 2 heteroatoms. The third-order valence-electron chi connectivity index (χ3n) is 5.14. The molecule has 1 unspecified atom stereocenters. The molecule has 1 heterocycles. The zero-order valence-corrected chi connectivity index (χ0v) is 12.5. The molecule has 0 radical (unpaired) electrons. The van der Waals surface area contributed by atoms with Gasteiger partial charge < -0.3 is 10.2 Å². The van der Waals surface area contributed by atoms with Crippen LogP contribution >= 0.6 is 0 Å². The third kappa shape index (κ3) is 3.71. The fourth-order valence-corrected chi connectivity index (χ4v) is 3.92. The first-order chi connectivity index (χ1) is 8.76. The summed E-state index contributed by atoms with van der Waals surface area (Å²) in [5.41, 5.74) is 0.575. The molecule has 1 saturated carbocycles. The lowest BCUT2D eigenvalue weighted by Gasteiger charge is -2.38. The van der Waals surface area contributed by atoms with Crippen molar-refractivity contribution in [2.75, 3.05) is 26.2 Å². The lowest BCUT2D eigenvalue weighted by molar-refractivity contribution is 0.123. The monoisotopic (exact) mass is 252 g/mol. The average Bonchev–Trinajstić information content (AvgIpc) is 2.65. The van der Waals surface area contributed by atoms with Crippen LogP contribution in [0.2, 0.25) is 0 Å². The SMILES string of the molecule is CCNCC1(CN2CCCC2C)CCCCCC1. The lowest BCUT2D eigenvalue weighted by atomic mass is 9.79. The minimum Gasteiger partial charge on any atom is -0.316 e. The molecule has 0 amide bonds. The van der Waals surface area contributed by atoms with E-state index in [2.05, 4.69) is 24.1 Å². The van der Waals surface area contributed by atoms with E-state index in [9.17, 15) is 0 Å². The Labute approximate surface area is 114 Å². The van der Waals surface area contributed by atoms with Crippen LogP contribution in [0.4, 0.5) is 0 Å². The fourth-order valence-electron chi connectivity index (χ4n) is 3.92. The molecule has 2 nitrogen and oxygen atoms in total. The molecule has 0 aromatic rings. The van der Waals surface area contributed by atoms with Crippen LogP contribution in [-0.4, -0.2) is 37.1 Å². The topological polar surface area (TPSA) is 15.3 Å². The van der Waals surface area contributed by atoms with Gasteiger partial charge in [-0.3, -0.25) is 0 Å². The van der Waals surface area contributed by atoms with Gasteiger partial charge in [-0.05, 0) is 51.1 Å². The Morgan fingerprint density at radius 1 is 1.11 bits per heavy atom. The molecule has 2 aliphatic rings. The van der Waals surface area contributed by atoms with Crippen molar-refractivity contribution in [2.24, 2.45) is 5.41 Å². The van der Waals surface area contributed by atoms with Crippen LogP contribution < -0.4 is 5.32 Å². The summed E-state index contributed by atoms with van der Waals surface area (Å²) in [6.45, 7) is 9.72. The van der Waals surface area contributed by atoms with Crippen molar-refractivity contribution in [3.8, 4) is 0 Å². The van der Waals surface area contributed by atoms with Crippen LogP contribution in [0.3, 0.4) is 0 Å². The predicted molar refractivity (Wildman–Crippen MR) is 78.9 cm³/mol. The number of rotatable bonds is 5. The molecule has 2 fully saturated rings. The van der Waals surface area contributed by atoms with Gasteiger partial charge in [0.25, 0.3) is 0 Å². The number of hydrogen-bond donors (Lipinski definition) is 1. The van der Waals surface area contributed by atoms with Crippen molar-refractivity contribution in [3.63, 3.8) is 0 Å². The number of nitrogens with one attached hydrogen (secondary N) is 1. The molecule has 1 N–H and O–H groups in total. The molecule has 1 aliphatic heterocycles. The Morgan fingerprint density at radius 2 is 1.83 bits per heavy atom.